The third-order valence-corrected chi connectivity index (χ3v) is 16.3. The fourth-order valence-electron chi connectivity index (χ4n) is 12.9. The Morgan fingerprint density at radius 2 is 0.707 bits per heavy atom. The van der Waals surface area contributed by atoms with Gasteiger partial charge in [0.1, 0.15) is 0 Å². The SMILES string of the molecule is CC1(C)c2ccccc2-c2cccc(-c3ccc(N(c4ccc(-c5cccc(-c6ccc7ccccc7c6)c5)cc4)c4ccc(-c5cccc6c5-c5ccccc5C6(c5ccccc5)c5ccccc5)cc4)cc3)c21. The smallest absolute Gasteiger partial charge is 0.0713 e. The van der Waals surface area contributed by atoms with Gasteiger partial charge < -0.3 is 4.90 Å². The number of benzene rings is 12. The molecule has 0 heterocycles. The minimum absolute atomic E-state index is 0.114. The van der Waals surface area contributed by atoms with Crippen LogP contribution in [0.1, 0.15) is 47.2 Å². The maximum absolute atomic E-state index is 2.40. The average Bonchev–Trinajstić information content (AvgIpc) is 3.99. The van der Waals surface area contributed by atoms with Gasteiger partial charge in [0.2, 0.25) is 0 Å². The van der Waals surface area contributed by atoms with Crippen LogP contribution in [0.15, 0.2) is 285 Å². The molecule has 0 spiro atoms. The second-order valence-electron chi connectivity index (χ2n) is 20.8. The van der Waals surface area contributed by atoms with Crippen molar-refractivity contribution < 1.29 is 0 Å². The molecule has 354 valence electrons. The van der Waals surface area contributed by atoms with Crippen LogP contribution in [0.2, 0.25) is 0 Å². The number of anilines is 3. The summed E-state index contributed by atoms with van der Waals surface area (Å²) in [6.45, 7) is 4.74. The zero-order chi connectivity index (χ0) is 50.1. The topological polar surface area (TPSA) is 3.24 Å². The van der Waals surface area contributed by atoms with Crippen LogP contribution in [0, 0.1) is 0 Å². The van der Waals surface area contributed by atoms with E-state index >= 15 is 0 Å². The van der Waals surface area contributed by atoms with Crippen molar-refractivity contribution in [3.63, 3.8) is 0 Å². The maximum Gasteiger partial charge on any atom is 0.0713 e. The van der Waals surface area contributed by atoms with Crippen molar-refractivity contribution in [3.05, 3.63) is 318 Å². The molecule has 0 aliphatic heterocycles. The highest BCUT2D eigenvalue weighted by Gasteiger charge is 2.46. The van der Waals surface area contributed by atoms with Gasteiger partial charge in [-0.3, -0.25) is 0 Å². The highest BCUT2D eigenvalue weighted by atomic mass is 15.1. The molecule has 1 nitrogen and oxygen atoms in total. The molecule has 0 fully saturated rings. The Morgan fingerprint density at radius 1 is 0.267 bits per heavy atom. The molecule has 0 bridgehead atoms. The van der Waals surface area contributed by atoms with Crippen molar-refractivity contribution in [3.8, 4) is 66.8 Å². The zero-order valence-electron chi connectivity index (χ0n) is 42.1. The van der Waals surface area contributed by atoms with Crippen LogP contribution in [-0.2, 0) is 10.8 Å². The van der Waals surface area contributed by atoms with E-state index in [1.165, 1.54) is 111 Å². The Kier molecular flexibility index (Phi) is 10.5. The van der Waals surface area contributed by atoms with Crippen LogP contribution >= 0.6 is 0 Å². The molecule has 2 aliphatic rings. The summed E-state index contributed by atoms with van der Waals surface area (Å²) in [6.07, 6.45) is 0. The van der Waals surface area contributed by atoms with Crippen LogP contribution in [0.5, 0.6) is 0 Å². The van der Waals surface area contributed by atoms with Crippen molar-refractivity contribution in [2.24, 2.45) is 0 Å². The molecule has 0 aromatic heterocycles. The predicted molar refractivity (Wildman–Crippen MR) is 315 cm³/mol. The molecule has 0 unspecified atom stereocenters. The third kappa shape index (κ3) is 7.14. The number of hydrogen-bond donors (Lipinski definition) is 0. The third-order valence-electron chi connectivity index (χ3n) is 16.3. The predicted octanol–water partition coefficient (Wildman–Crippen LogP) is 19.6. The van der Waals surface area contributed by atoms with E-state index in [0.29, 0.717) is 0 Å². The van der Waals surface area contributed by atoms with Crippen LogP contribution in [0.3, 0.4) is 0 Å². The van der Waals surface area contributed by atoms with Gasteiger partial charge in [0, 0.05) is 22.5 Å². The van der Waals surface area contributed by atoms with Gasteiger partial charge in [-0.2, -0.15) is 0 Å². The summed E-state index contributed by atoms with van der Waals surface area (Å²) in [5.74, 6) is 0. The Labute approximate surface area is 440 Å². The quantitative estimate of drug-likeness (QED) is 0.139. The fraction of sp³-hybridized carbons (Fsp3) is 0.0541. The zero-order valence-corrected chi connectivity index (χ0v) is 42.1. The summed E-state index contributed by atoms with van der Waals surface area (Å²) in [5, 5.41) is 2.50. The summed E-state index contributed by atoms with van der Waals surface area (Å²) < 4.78 is 0. The Bertz CT molecular complexity index is 4070. The standard InChI is InChI=1S/C74H53N/c1-73(2)68-31-13-11-26-65(68)66-30-16-29-64(72(66)73)53-40-46-62(47-41-53)75(60-42-36-51(37-43-60)55-20-15-21-56(48-55)57-35-34-50-18-9-10-19-54(50)49-57)61-44-38-52(39-45-61)63-28-17-33-70-71(63)67-27-12-14-32-69(67)74(70,58-22-5-3-6-23-58)59-24-7-4-8-25-59/h3-49H,1-2H3. The van der Waals surface area contributed by atoms with Gasteiger partial charge in [-0.15, -0.1) is 0 Å². The Balaban J connectivity index is 0.867. The average molecular weight is 956 g/mol. The van der Waals surface area contributed by atoms with E-state index < -0.39 is 5.41 Å². The molecule has 0 amide bonds. The number of hydrogen-bond acceptors (Lipinski definition) is 1. The summed E-state index contributed by atoms with van der Waals surface area (Å²) >= 11 is 0. The second-order valence-corrected chi connectivity index (χ2v) is 20.8. The molecule has 2 aliphatic carbocycles. The van der Waals surface area contributed by atoms with Crippen LogP contribution in [0.25, 0.3) is 77.5 Å². The van der Waals surface area contributed by atoms with E-state index in [-0.39, 0.29) is 5.41 Å². The minimum atomic E-state index is -0.461. The van der Waals surface area contributed by atoms with Gasteiger partial charge in [-0.1, -0.05) is 250 Å². The molecular weight excluding hydrogens is 903 g/mol. The second kappa shape index (κ2) is 17.7. The molecule has 0 saturated heterocycles. The van der Waals surface area contributed by atoms with Crippen molar-refractivity contribution in [2.75, 3.05) is 4.90 Å². The Hall–Kier alpha value is -9.30. The van der Waals surface area contributed by atoms with Gasteiger partial charge in [0.05, 0.1) is 5.41 Å². The lowest BCUT2D eigenvalue weighted by Crippen LogP contribution is -2.28. The molecular formula is C74H53N. The molecule has 0 saturated carbocycles. The van der Waals surface area contributed by atoms with Crippen molar-refractivity contribution in [1.29, 1.82) is 0 Å². The molecule has 12 aromatic rings. The first kappa shape index (κ1) is 44.4. The van der Waals surface area contributed by atoms with Gasteiger partial charge >= 0.3 is 0 Å². The lowest BCUT2D eigenvalue weighted by Gasteiger charge is -2.34. The van der Waals surface area contributed by atoms with Crippen molar-refractivity contribution in [1.82, 2.24) is 0 Å². The van der Waals surface area contributed by atoms with E-state index in [1.807, 2.05) is 0 Å². The van der Waals surface area contributed by atoms with Crippen LogP contribution in [-0.4, -0.2) is 0 Å². The number of rotatable bonds is 9. The van der Waals surface area contributed by atoms with Gasteiger partial charge in [0.15, 0.2) is 0 Å². The molecule has 12 aromatic carbocycles. The van der Waals surface area contributed by atoms with E-state index in [0.717, 1.165) is 17.1 Å². The Morgan fingerprint density at radius 3 is 1.37 bits per heavy atom. The maximum atomic E-state index is 2.40. The number of fused-ring (bicyclic) bond motifs is 7. The molecule has 75 heavy (non-hydrogen) atoms. The van der Waals surface area contributed by atoms with E-state index in [4.69, 9.17) is 0 Å². The molecule has 1 heteroatoms. The van der Waals surface area contributed by atoms with Crippen LogP contribution in [0.4, 0.5) is 17.1 Å². The first-order chi connectivity index (χ1) is 36.9. The van der Waals surface area contributed by atoms with Crippen LogP contribution < -0.4 is 4.90 Å². The highest BCUT2D eigenvalue weighted by molar-refractivity contribution is 5.96. The molecule has 14 rings (SSSR count). The summed E-state index contributed by atoms with van der Waals surface area (Å²) in [7, 11) is 0. The summed E-state index contributed by atoms with van der Waals surface area (Å²) in [5.41, 5.74) is 25.6. The van der Waals surface area contributed by atoms with E-state index in [1.54, 1.807) is 0 Å². The van der Waals surface area contributed by atoms with Gasteiger partial charge in [-0.05, 0) is 159 Å². The van der Waals surface area contributed by atoms with E-state index in [9.17, 15) is 0 Å². The molecule has 0 radical (unpaired) electrons. The van der Waals surface area contributed by atoms with Gasteiger partial charge in [-0.25, -0.2) is 0 Å². The monoisotopic (exact) mass is 955 g/mol. The summed E-state index contributed by atoms with van der Waals surface area (Å²) in [4.78, 5) is 2.40. The lowest BCUT2D eigenvalue weighted by atomic mass is 9.67. The molecule has 0 N–H and O–H groups in total. The molecule has 0 atom stereocenters. The van der Waals surface area contributed by atoms with Crippen molar-refractivity contribution in [2.45, 2.75) is 24.7 Å². The summed E-state index contributed by atoms with van der Waals surface area (Å²) in [6, 6.07) is 106. The first-order valence-corrected chi connectivity index (χ1v) is 26.2. The van der Waals surface area contributed by atoms with Crippen molar-refractivity contribution >= 4 is 27.8 Å². The first-order valence-electron chi connectivity index (χ1n) is 26.2. The fourth-order valence-corrected chi connectivity index (χ4v) is 12.9. The minimum Gasteiger partial charge on any atom is -0.311 e. The highest BCUT2D eigenvalue weighted by Crippen LogP contribution is 2.58. The van der Waals surface area contributed by atoms with Gasteiger partial charge in [0.25, 0.3) is 0 Å². The normalized spacial score (nSPS) is 13.4. The lowest BCUT2D eigenvalue weighted by molar-refractivity contribution is 0.662. The van der Waals surface area contributed by atoms with E-state index in [2.05, 4.69) is 304 Å². The largest absolute Gasteiger partial charge is 0.311 e. The number of nitrogens with zero attached hydrogens (tertiary/aromatic N) is 1.